The molecule has 0 saturated carbocycles. The van der Waals surface area contributed by atoms with Gasteiger partial charge in [-0.2, -0.15) is 0 Å². The van der Waals surface area contributed by atoms with Crippen LogP contribution in [-0.2, 0) is 14.3 Å². The SMILES string of the molecule is COC(=O)C(NCC(O)CC(=O)O)C(C)C. The van der Waals surface area contributed by atoms with E-state index in [9.17, 15) is 14.7 Å². The molecule has 3 N–H and O–H groups in total. The zero-order valence-corrected chi connectivity index (χ0v) is 9.77. The van der Waals surface area contributed by atoms with E-state index in [0.717, 1.165) is 0 Å². The number of carbonyl (C=O) groups is 2. The number of nitrogens with one attached hydrogen (secondary N) is 1. The predicted octanol–water partition coefficient (Wildman–Crippen LogP) is -0.391. The number of hydrogen-bond acceptors (Lipinski definition) is 5. The molecule has 0 bridgehead atoms. The van der Waals surface area contributed by atoms with Gasteiger partial charge in [0.15, 0.2) is 0 Å². The van der Waals surface area contributed by atoms with E-state index in [1.807, 2.05) is 13.8 Å². The van der Waals surface area contributed by atoms with Crippen molar-refractivity contribution in [2.24, 2.45) is 5.92 Å². The molecule has 2 unspecified atom stereocenters. The standard InChI is InChI=1S/C10H19NO5/c1-6(2)9(10(15)16-3)11-5-7(12)4-8(13)14/h6-7,9,11-12H,4-5H2,1-3H3,(H,13,14). The van der Waals surface area contributed by atoms with Gasteiger partial charge in [0, 0.05) is 6.54 Å². The van der Waals surface area contributed by atoms with Crippen molar-refractivity contribution in [2.45, 2.75) is 32.4 Å². The third kappa shape index (κ3) is 5.67. The quantitative estimate of drug-likeness (QED) is 0.518. The summed E-state index contributed by atoms with van der Waals surface area (Å²) in [6.07, 6.45) is -1.36. The average Bonchev–Trinajstić information content (AvgIpc) is 2.15. The molecule has 0 aliphatic rings. The minimum atomic E-state index is -1.08. The lowest BCUT2D eigenvalue weighted by molar-refractivity contribution is -0.144. The maximum absolute atomic E-state index is 11.3. The van der Waals surface area contributed by atoms with Crippen molar-refractivity contribution in [1.82, 2.24) is 5.32 Å². The van der Waals surface area contributed by atoms with E-state index < -0.39 is 24.1 Å². The topological polar surface area (TPSA) is 95.9 Å². The fourth-order valence-corrected chi connectivity index (χ4v) is 1.25. The van der Waals surface area contributed by atoms with Gasteiger partial charge >= 0.3 is 11.9 Å². The molecule has 0 heterocycles. The molecule has 2 atom stereocenters. The van der Waals surface area contributed by atoms with Crippen LogP contribution in [0.1, 0.15) is 20.3 Å². The van der Waals surface area contributed by atoms with E-state index in [1.54, 1.807) is 0 Å². The van der Waals surface area contributed by atoms with Gasteiger partial charge in [-0.25, -0.2) is 0 Å². The van der Waals surface area contributed by atoms with E-state index in [2.05, 4.69) is 10.1 Å². The lowest BCUT2D eigenvalue weighted by Crippen LogP contribution is -2.45. The van der Waals surface area contributed by atoms with Gasteiger partial charge in [0.1, 0.15) is 6.04 Å². The van der Waals surface area contributed by atoms with E-state index in [-0.39, 0.29) is 18.9 Å². The fourth-order valence-electron chi connectivity index (χ4n) is 1.25. The van der Waals surface area contributed by atoms with Gasteiger partial charge in [-0.15, -0.1) is 0 Å². The Hall–Kier alpha value is -1.14. The van der Waals surface area contributed by atoms with E-state index in [1.165, 1.54) is 7.11 Å². The molecule has 0 aliphatic heterocycles. The number of ether oxygens (including phenoxy) is 1. The monoisotopic (exact) mass is 233 g/mol. The van der Waals surface area contributed by atoms with Crippen LogP contribution in [-0.4, -0.2) is 48.0 Å². The van der Waals surface area contributed by atoms with Crippen molar-refractivity contribution < 1.29 is 24.5 Å². The van der Waals surface area contributed by atoms with Crippen LogP contribution in [0.2, 0.25) is 0 Å². The summed E-state index contributed by atoms with van der Waals surface area (Å²) in [7, 11) is 1.28. The second-order valence-electron chi connectivity index (χ2n) is 3.90. The number of rotatable bonds is 7. The number of aliphatic hydroxyl groups is 1. The summed E-state index contributed by atoms with van der Waals surface area (Å²) in [5.74, 6) is -1.49. The second-order valence-corrected chi connectivity index (χ2v) is 3.90. The highest BCUT2D eigenvalue weighted by atomic mass is 16.5. The van der Waals surface area contributed by atoms with E-state index in [4.69, 9.17) is 5.11 Å². The number of hydrogen-bond donors (Lipinski definition) is 3. The van der Waals surface area contributed by atoms with Crippen molar-refractivity contribution in [1.29, 1.82) is 0 Å². The largest absolute Gasteiger partial charge is 0.481 e. The number of carbonyl (C=O) groups excluding carboxylic acids is 1. The van der Waals surface area contributed by atoms with Crippen molar-refractivity contribution in [3.63, 3.8) is 0 Å². The Morgan fingerprint density at radius 1 is 1.38 bits per heavy atom. The Morgan fingerprint density at radius 2 is 1.94 bits per heavy atom. The number of methoxy groups -OCH3 is 1. The molecule has 6 nitrogen and oxygen atoms in total. The first kappa shape index (κ1) is 14.9. The zero-order valence-electron chi connectivity index (χ0n) is 9.77. The third-order valence-corrected chi connectivity index (χ3v) is 2.11. The maximum Gasteiger partial charge on any atom is 0.323 e. The van der Waals surface area contributed by atoms with Crippen LogP contribution in [0.25, 0.3) is 0 Å². The second kappa shape index (κ2) is 7.19. The van der Waals surface area contributed by atoms with Crippen molar-refractivity contribution in [2.75, 3.05) is 13.7 Å². The summed E-state index contributed by atoms with van der Waals surface area (Å²) in [6, 6.07) is -0.534. The van der Waals surface area contributed by atoms with Gasteiger partial charge < -0.3 is 20.3 Å². The van der Waals surface area contributed by atoms with Gasteiger partial charge in [-0.3, -0.25) is 9.59 Å². The Balaban J connectivity index is 4.12. The van der Waals surface area contributed by atoms with Crippen LogP contribution in [0.5, 0.6) is 0 Å². The first-order valence-corrected chi connectivity index (χ1v) is 5.09. The van der Waals surface area contributed by atoms with Crippen LogP contribution in [0.15, 0.2) is 0 Å². The van der Waals surface area contributed by atoms with Crippen molar-refractivity contribution >= 4 is 11.9 Å². The lowest BCUT2D eigenvalue weighted by Gasteiger charge is -2.21. The summed E-state index contributed by atoms with van der Waals surface area (Å²) >= 11 is 0. The van der Waals surface area contributed by atoms with E-state index in [0.29, 0.717) is 0 Å². The van der Waals surface area contributed by atoms with Crippen LogP contribution in [0, 0.1) is 5.92 Å². The molecule has 0 amide bonds. The Bertz CT molecular complexity index is 241. The average molecular weight is 233 g/mol. The first-order valence-electron chi connectivity index (χ1n) is 5.09. The minimum Gasteiger partial charge on any atom is -0.481 e. The molecular weight excluding hydrogens is 214 g/mol. The van der Waals surface area contributed by atoms with Gasteiger partial charge in [-0.1, -0.05) is 13.8 Å². The van der Waals surface area contributed by atoms with Crippen LogP contribution < -0.4 is 5.32 Å². The van der Waals surface area contributed by atoms with Crippen LogP contribution in [0.4, 0.5) is 0 Å². The molecule has 0 fully saturated rings. The molecule has 16 heavy (non-hydrogen) atoms. The van der Waals surface area contributed by atoms with Gasteiger partial charge in [0.2, 0.25) is 0 Å². The lowest BCUT2D eigenvalue weighted by atomic mass is 10.0. The Labute approximate surface area is 94.6 Å². The van der Waals surface area contributed by atoms with E-state index >= 15 is 0 Å². The van der Waals surface area contributed by atoms with Gasteiger partial charge in [-0.05, 0) is 5.92 Å². The molecule has 0 rings (SSSR count). The van der Waals surface area contributed by atoms with Gasteiger partial charge in [0.25, 0.3) is 0 Å². The summed E-state index contributed by atoms with van der Waals surface area (Å²) in [5.41, 5.74) is 0. The number of carboxylic acids is 1. The predicted molar refractivity (Wildman–Crippen MR) is 56.9 cm³/mol. The number of aliphatic carboxylic acids is 1. The fraction of sp³-hybridized carbons (Fsp3) is 0.800. The highest BCUT2D eigenvalue weighted by Gasteiger charge is 2.23. The molecule has 0 aromatic rings. The molecule has 94 valence electrons. The smallest absolute Gasteiger partial charge is 0.323 e. The molecule has 0 saturated heterocycles. The molecule has 0 spiro atoms. The number of esters is 1. The molecule has 0 aromatic carbocycles. The van der Waals surface area contributed by atoms with Crippen LogP contribution in [0.3, 0.4) is 0 Å². The minimum absolute atomic E-state index is 0.00415. The van der Waals surface area contributed by atoms with Crippen LogP contribution >= 0.6 is 0 Å². The third-order valence-electron chi connectivity index (χ3n) is 2.11. The molecule has 0 aromatic heterocycles. The normalized spacial score (nSPS) is 14.6. The highest BCUT2D eigenvalue weighted by Crippen LogP contribution is 2.04. The Kier molecular flexibility index (Phi) is 6.67. The zero-order chi connectivity index (χ0) is 12.7. The van der Waals surface area contributed by atoms with Crippen molar-refractivity contribution in [3.05, 3.63) is 0 Å². The summed E-state index contributed by atoms with van der Waals surface area (Å²) in [6.45, 7) is 3.71. The molecular formula is C10H19NO5. The summed E-state index contributed by atoms with van der Waals surface area (Å²) in [4.78, 5) is 21.6. The number of aliphatic hydroxyl groups excluding tert-OH is 1. The van der Waals surface area contributed by atoms with Gasteiger partial charge in [0.05, 0.1) is 19.6 Å². The maximum atomic E-state index is 11.3. The van der Waals surface area contributed by atoms with Crippen molar-refractivity contribution in [3.8, 4) is 0 Å². The molecule has 0 aliphatic carbocycles. The first-order chi connectivity index (χ1) is 7.38. The molecule has 6 heteroatoms. The summed E-state index contributed by atoms with van der Waals surface area (Å²) < 4.78 is 4.59. The molecule has 0 radical (unpaired) electrons. The Morgan fingerprint density at radius 3 is 2.31 bits per heavy atom. The highest BCUT2D eigenvalue weighted by molar-refractivity contribution is 5.75. The number of carboxylic acid groups (broad SMARTS) is 1. The summed E-state index contributed by atoms with van der Waals surface area (Å²) in [5, 5.41) is 20.5.